The van der Waals surface area contributed by atoms with Crippen LogP contribution < -0.4 is 10.6 Å². The number of hydrogen-bond acceptors (Lipinski definition) is 2. The number of urea groups is 1. The lowest BCUT2D eigenvalue weighted by atomic mass is 10.00. The Morgan fingerprint density at radius 3 is 2.61 bits per heavy atom. The van der Waals surface area contributed by atoms with E-state index >= 15 is 0 Å². The van der Waals surface area contributed by atoms with Crippen molar-refractivity contribution in [3.05, 3.63) is 48.0 Å². The van der Waals surface area contributed by atoms with Crippen molar-refractivity contribution in [1.82, 2.24) is 15.5 Å². The van der Waals surface area contributed by atoms with Gasteiger partial charge in [0.05, 0.1) is 6.04 Å². The van der Waals surface area contributed by atoms with Crippen molar-refractivity contribution in [3.8, 4) is 0 Å². The molecule has 0 aromatic heterocycles. The number of benzene rings is 2. The van der Waals surface area contributed by atoms with Crippen molar-refractivity contribution in [3.63, 3.8) is 0 Å². The van der Waals surface area contributed by atoms with Crippen molar-refractivity contribution in [2.75, 3.05) is 20.1 Å². The van der Waals surface area contributed by atoms with Gasteiger partial charge in [-0.05, 0) is 56.2 Å². The molecule has 2 N–H and O–H groups in total. The van der Waals surface area contributed by atoms with Crippen molar-refractivity contribution in [1.29, 1.82) is 0 Å². The first-order valence-corrected chi connectivity index (χ1v) is 8.37. The van der Waals surface area contributed by atoms with Crippen LogP contribution in [0.15, 0.2) is 42.5 Å². The quantitative estimate of drug-likeness (QED) is 0.913. The summed E-state index contributed by atoms with van der Waals surface area (Å²) in [5, 5.41) is 8.59. The topological polar surface area (TPSA) is 44.4 Å². The Morgan fingerprint density at radius 1 is 1.13 bits per heavy atom. The lowest BCUT2D eigenvalue weighted by molar-refractivity contribution is 0.212. The summed E-state index contributed by atoms with van der Waals surface area (Å²) < 4.78 is 0. The molecule has 4 heteroatoms. The fourth-order valence-corrected chi connectivity index (χ4v) is 3.28. The number of amides is 2. The second-order valence-corrected chi connectivity index (χ2v) is 6.49. The molecule has 1 aliphatic rings. The molecule has 1 heterocycles. The monoisotopic (exact) mass is 311 g/mol. The second kappa shape index (κ2) is 7.01. The van der Waals surface area contributed by atoms with E-state index in [4.69, 9.17) is 0 Å². The SMILES string of the molecule is CC(NC(=O)NC1CCN(C)CC1)c1cccc2ccccc12. The number of carbonyl (C=O) groups is 1. The standard InChI is InChI=1S/C19H25N3O/c1-14(17-9-5-7-15-6-3-4-8-18(15)17)20-19(23)21-16-10-12-22(2)13-11-16/h3-9,14,16H,10-13H2,1-2H3,(H2,20,21,23). The predicted octanol–water partition coefficient (Wildman–Crippen LogP) is 3.29. The van der Waals surface area contributed by atoms with Crippen LogP contribution in [0.25, 0.3) is 10.8 Å². The summed E-state index contributed by atoms with van der Waals surface area (Å²) in [5.74, 6) is 0. The summed E-state index contributed by atoms with van der Waals surface area (Å²) in [6, 6.07) is 14.7. The van der Waals surface area contributed by atoms with E-state index in [0.29, 0.717) is 0 Å². The summed E-state index contributed by atoms with van der Waals surface area (Å²) in [7, 11) is 2.12. The summed E-state index contributed by atoms with van der Waals surface area (Å²) in [6.07, 6.45) is 2.04. The van der Waals surface area contributed by atoms with Gasteiger partial charge in [-0.3, -0.25) is 0 Å². The molecule has 1 unspecified atom stereocenters. The smallest absolute Gasteiger partial charge is 0.315 e. The van der Waals surface area contributed by atoms with E-state index in [1.54, 1.807) is 0 Å². The predicted molar refractivity (Wildman–Crippen MR) is 94.5 cm³/mol. The largest absolute Gasteiger partial charge is 0.335 e. The Hall–Kier alpha value is -2.07. The summed E-state index contributed by atoms with van der Waals surface area (Å²) in [4.78, 5) is 14.6. The zero-order valence-electron chi connectivity index (χ0n) is 13.9. The Balaban J connectivity index is 1.64. The van der Waals surface area contributed by atoms with E-state index in [1.165, 1.54) is 10.8 Å². The van der Waals surface area contributed by atoms with Gasteiger partial charge < -0.3 is 15.5 Å². The van der Waals surface area contributed by atoms with E-state index in [1.807, 2.05) is 25.1 Å². The maximum atomic E-state index is 12.3. The highest BCUT2D eigenvalue weighted by Gasteiger charge is 2.19. The summed E-state index contributed by atoms with van der Waals surface area (Å²) >= 11 is 0. The van der Waals surface area contributed by atoms with Gasteiger partial charge in [-0.25, -0.2) is 4.79 Å². The van der Waals surface area contributed by atoms with Gasteiger partial charge in [0.2, 0.25) is 0 Å². The Bertz CT molecular complexity index is 672. The van der Waals surface area contributed by atoms with Crippen LogP contribution in [-0.4, -0.2) is 37.1 Å². The summed E-state index contributed by atoms with van der Waals surface area (Å²) in [5.41, 5.74) is 1.15. The molecule has 1 aliphatic heterocycles. The molecule has 2 aromatic carbocycles. The van der Waals surface area contributed by atoms with Crippen LogP contribution in [0, 0.1) is 0 Å². The molecule has 23 heavy (non-hydrogen) atoms. The van der Waals surface area contributed by atoms with Crippen LogP contribution in [0.3, 0.4) is 0 Å². The molecular formula is C19H25N3O. The molecule has 1 fully saturated rings. The van der Waals surface area contributed by atoms with Gasteiger partial charge in [0.15, 0.2) is 0 Å². The molecule has 0 radical (unpaired) electrons. The zero-order valence-corrected chi connectivity index (χ0v) is 13.9. The van der Waals surface area contributed by atoms with Gasteiger partial charge in [0, 0.05) is 6.04 Å². The van der Waals surface area contributed by atoms with E-state index in [-0.39, 0.29) is 18.1 Å². The average Bonchev–Trinajstić information content (AvgIpc) is 2.56. The van der Waals surface area contributed by atoms with Gasteiger partial charge >= 0.3 is 6.03 Å². The molecule has 4 nitrogen and oxygen atoms in total. The third-order valence-corrected chi connectivity index (χ3v) is 4.69. The average molecular weight is 311 g/mol. The normalized spacial score (nSPS) is 17.8. The second-order valence-electron chi connectivity index (χ2n) is 6.49. The van der Waals surface area contributed by atoms with Crippen LogP contribution >= 0.6 is 0 Å². The maximum absolute atomic E-state index is 12.3. The molecule has 3 rings (SSSR count). The van der Waals surface area contributed by atoms with Crippen LogP contribution in [0.4, 0.5) is 4.79 Å². The van der Waals surface area contributed by atoms with Crippen LogP contribution in [-0.2, 0) is 0 Å². The van der Waals surface area contributed by atoms with Crippen molar-refractivity contribution in [2.24, 2.45) is 0 Å². The number of piperidine rings is 1. The molecule has 0 bridgehead atoms. The van der Waals surface area contributed by atoms with Gasteiger partial charge in [0.1, 0.15) is 0 Å². The number of likely N-dealkylation sites (tertiary alicyclic amines) is 1. The van der Waals surface area contributed by atoms with Gasteiger partial charge in [0.25, 0.3) is 0 Å². The highest BCUT2D eigenvalue weighted by molar-refractivity contribution is 5.86. The maximum Gasteiger partial charge on any atom is 0.315 e. The molecule has 0 spiro atoms. The molecule has 0 aliphatic carbocycles. The fraction of sp³-hybridized carbons (Fsp3) is 0.421. The number of carbonyl (C=O) groups excluding carboxylic acids is 1. The third-order valence-electron chi connectivity index (χ3n) is 4.69. The van der Waals surface area contributed by atoms with Gasteiger partial charge in [-0.1, -0.05) is 42.5 Å². The third kappa shape index (κ3) is 3.82. The first kappa shape index (κ1) is 15.8. The van der Waals surface area contributed by atoms with Crippen molar-refractivity contribution < 1.29 is 4.79 Å². The van der Waals surface area contributed by atoms with Crippen molar-refractivity contribution >= 4 is 16.8 Å². The number of nitrogens with zero attached hydrogens (tertiary/aromatic N) is 1. The highest BCUT2D eigenvalue weighted by atomic mass is 16.2. The van der Waals surface area contributed by atoms with Crippen molar-refractivity contribution in [2.45, 2.75) is 31.8 Å². The first-order chi connectivity index (χ1) is 11.1. The minimum absolute atomic E-state index is 0.0210. The number of fused-ring (bicyclic) bond motifs is 1. The van der Waals surface area contributed by atoms with E-state index in [2.05, 4.69) is 46.8 Å². The molecule has 2 amide bonds. The molecule has 1 saturated heterocycles. The van der Waals surface area contributed by atoms with Crippen LogP contribution in [0.5, 0.6) is 0 Å². The molecule has 122 valence electrons. The Labute approximate surface area is 137 Å². The van der Waals surface area contributed by atoms with E-state index < -0.39 is 0 Å². The van der Waals surface area contributed by atoms with Crippen LogP contribution in [0.1, 0.15) is 31.4 Å². The lowest BCUT2D eigenvalue weighted by Crippen LogP contribution is -2.47. The molecule has 1 atom stereocenters. The minimum atomic E-state index is -0.0695. The molecule has 0 saturated carbocycles. The highest BCUT2D eigenvalue weighted by Crippen LogP contribution is 2.24. The lowest BCUT2D eigenvalue weighted by Gasteiger charge is -2.30. The molecule has 2 aromatic rings. The first-order valence-electron chi connectivity index (χ1n) is 8.37. The molecular weight excluding hydrogens is 286 g/mol. The fourth-order valence-electron chi connectivity index (χ4n) is 3.28. The summed E-state index contributed by atoms with van der Waals surface area (Å²) in [6.45, 7) is 4.13. The van der Waals surface area contributed by atoms with Gasteiger partial charge in [-0.2, -0.15) is 0 Å². The van der Waals surface area contributed by atoms with Gasteiger partial charge in [-0.15, -0.1) is 0 Å². The number of hydrogen-bond donors (Lipinski definition) is 2. The minimum Gasteiger partial charge on any atom is -0.335 e. The Kier molecular flexibility index (Phi) is 4.82. The van der Waals surface area contributed by atoms with Crippen LogP contribution in [0.2, 0.25) is 0 Å². The number of nitrogens with one attached hydrogen (secondary N) is 2. The zero-order chi connectivity index (χ0) is 16.2. The van der Waals surface area contributed by atoms with E-state index in [9.17, 15) is 4.79 Å². The number of rotatable bonds is 3. The Morgan fingerprint density at radius 2 is 1.83 bits per heavy atom. The van der Waals surface area contributed by atoms with E-state index in [0.717, 1.165) is 31.5 Å².